The first-order valence-electron chi connectivity index (χ1n) is 4.86. The summed E-state index contributed by atoms with van der Waals surface area (Å²) >= 11 is 1.09. The fourth-order valence-corrected chi connectivity index (χ4v) is 2.70. The van der Waals surface area contributed by atoms with Gasteiger partial charge in [0.1, 0.15) is 6.04 Å². The molecule has 0 saturated carbocycles. The molecule has 1 aromatic heterocycles. The Hall–Kier alpha value is -1.10. The molecule has 0 fully saturated rings. The quantitative estimate of drug-likeness (QED) is 0.791. The van der Waals surface area contributed by atoms with Crippen molar-refractivity contribution in [3.05, 3.63) is 16.1 Å². The molecule has 0 aliphatic carbocycles. The van der Waals surface area contributed by atoms with Gasteiger partial charge in [-0.1, -0.05) is 6.92 Å². The number of rotatable bonds is 2. The van der Waals surface area contributed by atoms with E-state index in [0.717, 1.165) is 21.9 Å². The minimum atomic E-state index is -0.369. The summed E-state index contributed by atoms with van der Waals surface area (Å²) < 4.78 is 17.9. The minimum absolute atomic E-state index is 0.0199. The van der Waals surface area contributed by atoms with E-state index in [2.05, 4.69) is 5.32 Å². The average molecular weight is 229 g/mol. The van der Waals surface area contributed by atoms with E-state index in [1.807, 2.05) is 6.92 Å². The molecule has 2 atom stereocenters. The molecule has 82 valence electrons. The van der Waals surface area contributed by atoms with Gasteiger partial charge in [0.05, 0.1) is 12.3 Å². The molecule has 2 unspecified atom stereocenters. The van der Waals surface area contributed by atoms with Crippen molar-refractivity contribution < 1.29 is 13.9 Å². The van der Waals surface area contributed by atoms with Crippen LogP contribution in [0.5, 0.6) is 0 Å². The molecule has 2 heterocycles. The van der Waals surface area contributed by atoms with Gasteiger partial charge in [0.25, 0.3) is 0 Å². The number of carbonyl (C=O) groups is 1. The highest BCUT2D eigenvalue weighted by molar-refractivity contribution is 7.11. The van der Waals surface area contributed by atoms with Crippen LogP contribution in [0.3, 0.4) is 0 Å². The summed E-state index contributed by atoms with van der Waals surface area (Å²) in [4.78, 5) is 12.4. The molecule has 0 aromatic carbocycles. The molecule has 0 bridgehead atoms. The molecule has 0 saturated heterocycles. The largest absolute Gasteiger partial charge is 0.464 e. The summed E-state index contributed by atoms with van der Waals surface area (Å²) in [7, 11) is 0. The third-order valence-electron chi connectivity index (χ3n) is 2.50. The monoisotopic (exact) mass is 229 g/mol. The summed E-state index contributed by atoms with van der Waals surface area (Å²) in [5, 5.41) is 2.76. The van der Waals surface area contributed by atoms with Crippen LogP contribution in [0.25, 0.3) is 0 Å². The molecule has 1 aromatic rings. The molecule has 2 rings (SSSR count). The number of fused-ring (bicyclic) bond motifs is 1. The van der Waals surface area contributed by atoms with Crippen molar-refractivity contribution in [2.24, 2.45) is 0 Å². The van der Waals surface area contributed by atoms with E-state index in [1.165, 1.54) is 6.07 Å². The van der Waals surface area contributed by atoms with Gasteiger partial charge in [0.15, 0.2) is 5.13 Å². The molecule has 1 N–H and O–H groups in total. The molecular weight excluding hydrogens is 217 g/mol. The lowest BCUT2D eigenvalue weighted by molar-refractivity contribution is -0.144. The van der Waals surface area contributed by atoms with Crippen LogP contribution in [0.15, 0.2) is 6.07 Å². The Morgan fingerprint density at radius 2 is 2.47 bits per heavy atom. The number of ether oxygens (including phenoxy) is 1. The second kappa shape index (κ2) is 3.81. The highest BCUT2D eigenvalue weighted by Gasteiger charge is 2.36. The van der Waals surface area contributed by atoms with E-state index in [0.29, 0.717) is 6.61 Å². The predicted octanol–water partition coefficient (Wildman–Crippen LogP) is 2.35. The standard InChI is InChI=1S/C10H12FNO2S/c1-3-14-10(13)8-5(2)9-6(12-8)4-7(11)15-9/h4-5,8,12H,3H2,1-2H3. The van der Waals surface area contributed by atoms with E-state index in [4.69, 9.17) is 4.74 Å². The number of nitrogens with one attached hydrogen (secondary N) is 1. The fourth-order valence-electron chi connectivity index (χ4n) is 1.76. The molecular formula is C10H12FNO2S. The van der Waals surface area contributed by atoms with Gasteiger partial charge in [-0.3, -0.25) is 0 Å². The van der Waals surface area contributed by atoms with E-state index < -0.39 is 0 Å². The van der Waals surface area contributed by atoms with Crippen LogP contribution in [-0.2, 0) is 9.53 Å². The van der Waals surface area contributed by atoms with Crippen molar-refractivity contribution in [1.82, 2.24) is 0 Å². The zero-order chi connectivity index (χ0) is 11.0. The normalized spacial score (nSPS) is 23.4. The van der Waals surface area contributed by atoms with Gasteiger partial charge in [0.2, 0.25) is 0 Å². The summed E-state index contributed by atoms with van der Waals surface area (Å²) in [6.07, 6.45) is 0. The van der Waals surface area contributed by atoms with Crippen LogP contribution in [0.1, 0.15) is 24.6 Å². The summed E-state index contributed by atoms with van der Waals surface area (Å²) in [5.41, 5.74) is 0.725. The Labute approximate surface area is 91.2 Å². The SMILES string of the molecule is CCOC(=O)C1Nc2cc(F)sc2C1C. The molecule has 3 nitrogen and oxygen atoms in total. The van der Waals surface area contributed by atoms with Crippen LogP contribution in [-0.4, -0.2) is 18.6 Å². The van der Waals surface area contributed by atoms with Crippen molar-refractivity contribution in [2.45, 2.75) is 25.8 Å². The van der Waals surface area contributed by atoms with Gasteiger partial charge in [-0.25, -0.2) is 4.79 Å². The molecule has 1 aliphatic rings. The topological polar surface area (TPSA) is 38.3 Å². The van der Waals surface area contributed by atoms with Crippen LogP contribution in [0, 0.1) is 5.13 Å². The smallest absolute Gasteiger partial charge is 0.329 e. The van der Waals surface area contributed by atoms with Crippen molar-refractivity contribution in [1.29, 1.82) is 0 Å². The van der Waals surface area contributed by atoms with Crippen LogP contribution < -0.4 is 5.32 Å². The molecule has 0 radical (unpaired) electrons. The zero-order valence-electron chi connectivity index (χ0n) is 8.54. The van der Waals surface area contributed by atoms with Crippen molar-refractivity contribution in [2.75, 3.05) is 11.9 Å². The maximum Gasteiger partial charge on any atom is 0.329 e. The van der Waals surface area contributed by atoms with E-state index in [-0.39, 0.29) is 23.1 Å². The number of thiophene rings is 1. The number of hydrogen-bond donors (Lipinski definition) is 1. The maximum atomic E-state index is 12.9. The van der Waals surface area contributed by atoms with E-state index in [1.54, 1.807) is 6.92 Å². The Balaban J connectivity index is 2.16. The van der Waals surface area contributed by atoms with Gasteiger partial charge in [0, 0.05) is 16.9 Å². The molecule has 0 spiro atoms. The summed E-state index contributed by atoms with van der Waals surface area (Å²) in [6, 6.07) is 1.06. The van der Waals surface area contributed by atoms with Crippen LogP contribution in [0.2, 0.25) is 0 Å². The third kappa shape index (κ3) is 1.71. The van der Waals surface area contributed by atoms with Gasteiger partial charge in [-0.2, -0.15) is 4.39 Å². The van der Waals surface area contributed by atoms with E-state index in [9.17, 15) is 9.18 Å². The number of halogens is 1. The van der Waals surface area contributed by atoms with E-state index >= 15 is 0 Å². The maximum absolute atomic E-state index is 12.9. The first kappa shape index (κ1) is 10.4. The number of esters is 1. The second-order valence-electron chi connectivity index (χ2n) is 3.49. The minimum Gasteiger partial charge on any atom is -0.464 e. The van der Waals surface area contributed by atoms with Crippen LogP contribution >= 0.6 is 11.3 Å². The highest BCUT2D eigenvalue weighted by atomic mass is 32.1. The number of hydrogen-bond acceptors (Lipinski definition) is 4. The molecule has 0 amide bonds. The first-order chi connectivity index (χ1) is 7.13. The lowest BCUT2D eigenvalue weighted by atomic mass is 10.0. The highest BCUT2D eigenvalue weighted by Crippen LogP contribution is 2.41. The lowest BCUT2D eigenvalue weighted by Crippen LogP contribution is -2.31. The zero-order valence-corrected chi connectivity index (χ0v) is 9.36. The van der Waals surface area contributed by atoms with Gasteiger partial charge >= 0.3 is 5.97 Å². The van der Waals surface area contributed by atoms with Crippen molar-refractivity contribution in [3.63, 3.8) is 0 Å². The van der Waals surface area contributed by atoms with Gasteiger partial charge in [-0.05, 0) is 6.92 Å². The number of carbonyl (C=O) groups excluding carboxylic acids is 1. The Morgan fingerprint density at radius 3 is 3.07 bits per heavy atom. The Morgan fingerprint density at radius 1 is 1.73 bits per heavy atom. The molecule has 1 aliphatic heterocycles. The van der Waals surface area contributed by atoms with Crippen LogP contribution in [0.4, 0.5) is 10.1 Å². The second-order valence-corrected chi connectivity index (χ2v) is 4.53. The average Bonchev–Trinajstić information content (AvgIpc) is 2.66. The molecule has 5 heteroatoms. The lowest BCUT2D eigenvalue weighted by Gasteiger charge is -2.14. The van der Waals surface area contributed by atoms with Gasteiger partial charge in [-0.15, -0.1) is 11.3 Å². The third-order valence-corrected chi connectivity index (χ3v) is 3.62. The first-order valence-corrected chi connectivity index (χ1v) is 5.67. The predicted molar refractivity (Wildman–Crippen MR) is 56.7 cm³/mol. The molecule has 15 heavy (non-hydrogen) atoms. The van der Waals surface area contributed by atoms with Gasteiger partial charge < -0.3 is 10.1 Å². The number of anilines is 1. The summed E-state index contributed by atoms with van der Waals surface area (Å²) in [5.74, 6) is -0.289. The van der Waals surface area contributed by atoms with Crippen molar-refractivity contribution >= 4 is 23.0 Å². The summed E-state index contributed by atoms with van der Waals surface area (Å²) in [6.45, 7) is 4.04. The Bertz CT molecular complexity index is 391. The van der Waals surface area contributed by atoms with Crippen molar-refractivity contribution in [3.8, 4) is 0 Å². The fraction of sp³-hybridized carbons (Fsp3) is 0.500. The Kier molecular flexibility index (Phi) is 2.65.